The molecule has 0 bridgehead atoms. The molecule has 3 rings (SSSR count). The molecule has 11 nitrogen and oxygen atoms in total. The zero-order valence-electron chi connectivity index (χ0n) is 10.6. The van der Waals surface area contributed by atoms with E-state index in [2.05, 4.69) is 51.2 Å². The average Bonchev–Trinajstić information content (AvgIpc) is 2.80. The molecule has 0 saturated heterocycles. The van der Waals surface area contributed by atoms with Crippen LogP contribution in [0.1, 0.15) is 11.4 Å². The minimum atomic E-state index is 0.144. The number of hydrogen-bond acceptors (Lipinski definition) is 10. The van der Waals surface area contributed by atoms with E-state index in [0.717, 1.165) is 11.4 Å². The normalized spacial score (nSPS) is 10.5. The van der Waals surface area contributed by atoms with Crippen molar-refractivity contribution in [2.24, 2.45) is 0 Å². The van der Waals surface area contributed by atoms with E-state index in [9.17, 15) is 0 Å². The van der Waals surface area contributed by atoms with E-state index in [4.69, 9.17) is 0 Å². The molecule has 0 aromatic carbocycles. The van der Waals surface area contributed by atoms with Crippen molar-refractivity contribution < 1.29 is 0 Å². The third-order valence-corrected chi connectivity index (χ3v) is 2.30. The first-order chi connectivity index (χ1) is 9.72. The van der Waals surface area contributed by atoms with Gasteiger partial charge in [-0.2, -0.15) is 5.10 Å². The molecule has 11 heteroatoms. The summed E-state index contributed by atoms with van der Waals surface area (Å²) >= 11 is 0. The highest BCUT2D eigenvalue weighted by Gasteiger charge is 2.09. The molecule has 3 aromatic rings. The summed E-state index contributed by atoms with van der Waals surface area (Å²) in [5, 5.41) is 37.0. The molecule has 3 aromatic heterocycles. The Morgan fingerprint density at radius 3 is 2.15 bits per heavy atom. The van der Waals surface area contributed by atoms with Crippen molar-refractivity contribution in [2.45, 2.75) is 13.8 Å². The van der Waals surface area contributed by atoms with Crippen LogP contribution in [0, 0.1) is 13.8 Å². The fraction of sp³-hybridized carbons (Fsp3) is 0.222. The van der Waals surface area contributed by atoms with Gasteiger partial charge in [-0.25, -0.2) is 4.68 Å². The smallest absolute Gasteiger partial charge is 0.287 e. The number of anilines is 2. The molecule has 0 aliphatic carbocycles. The van der Waals surface area contributed by atoms with Crippen molar-refractivity contribution in [3.05, 3.63) is 23.8 Å². The summed E-state index contributed by atoms with van der Waals surface area (Å²) in [5.74, 6) is 0.589. The fourth-order valence-electron chi connectivity index (χ4n) is 1.54. The van der Waals surface area contributed by atoms with Crippen LogP contribution in [0.2, 0.25) is 0 Å². The van der Waals surface area contributed by atoms with Crippen LogP contribution in [0.15, 0.2) is 12.4 Å². The highest BCUT2D eigenvalue weighted by atomic mass is 15.5. The lowest BCUT2D eigenvalue weighted by molar-refractivity contribution is 0.712. The second-order valence-corrected chi connectivity index (χ2v) is 3.86. The van der Waals surface area contributed by atoms with Gasteiger partial charge >= 0.3 is 0 Å². The van der Waals surface area contributed by atoms with Crippen molar-refractivity contribution in [1.82, 2.24) is 50.6 Å². The Kier molecular flexibility index (Phi) is 2.91. The summed E-state index contributed by atoms with van der Waals surface area (Å²) in [6.07, 6.45) is 1.22. The maximum Gasteiger partial charge on any atom is 0.289 e. The molecule has 0 amide bonds. The van der Waals surface area contributed by atoms with Gasteiger partial charge in [-0.3, -0.25) is 5.32 Å². The zero-order chi connectivity index (χ0) is 13.9. The summed E-state index contributed by atoms with van der Waals surface area (Å²) in [7, 11) is 0. The molecule has 0 fully saturated rings. The zero-order valence-corrected chi connectivity index (χ0v) is 10.6. The van der Waals surface area contributed by atoms with Gasteiger partial charge in [-0.1, -0.05) is 0 Å². The molecule has 0 radical (unpaired) electrons. The molecule has 0 atom stereocenters. The molecule has 0 spiro atoms. The van der Waals surface area contributed by atoms with E-state index in [1.807, 2.05) is 19.9 Å². The predicted octanol–water partition coefficient (Wildman–Crippen LogP) is -0.607. The van der Waals surface area contributed by atoms with Gasteiger partial charge in [0.05, 0.1) is 5.69 Å². The molecule has 0 saturated carbocycles. The summed E-state index contributed by atoms with van der Waals surface area (Å²) in [6, 6.07) is 1.91. The van der Waals surface area contributed by atoms with Crippen LogP contribution in [0.25, 0.3) is 5.95 Å². The number of nitrogens with zero attached hydrogens (tertiary/aromatic N) is 10. The van der Waals surface area contributed by atoms with Crippen molar-refractivity contribution in [1.29, 1.82) is 0 Å². The molecule has 20 heavy (non-hydrogen) atoms. The molecule has 100 valence electrons. The van der Waals surface area contributed by atoms with Crippen molar-refractivity contribution in [3.63, 3.8) is 0 Å². The van der Waals surface area contributed by atoms with E-state index in [0.29, 0.717) is 0 Å². The number of hydrogen-bond donors (Lipinski definition) is 1. The van der Waals surface area contributed by atoms with Gasteiger partial charge < -0.3 is 0 Å². The van der Waals surface area contributed by atoms with Crippen LogP contribution in [-0.2, 0) is 0 Å². The van der Waals surface area contributed by atoms with E-state index < -0.39 is 0 Å². The lowest BCUT2D eigenvalue weighted by atomic mass is 10.4. The lowest BCUT2D eigenvalue weighted by Crippen LogP contribution is -2.11. The van der Waals surface area contributed by atoms with Gasteiger partial charge in [0, 0.05) is 5.69 Å². The summed E-state index contributed by atoms with van der Waals surface area (Å²) in [4.78, 5) is 0. The highest BCUT2D eigenvalue weighted by molar-refractivity contribution is 5.38. The van der Waals surface area contributed by atoms with E-state index in [-0.39, 0.29) is 17.8 Å². The lowest BCUT2D eigenvalue weighted by Gasteiger charge is -2.02. The maximum atomic E-state index is 4.24. The van der Waals surface area contributed by atoms with Crippen LogP contribution in [0.4, 0.5) is 11.9 Å². The van der Waals surface area contributed by atoms with Gasteiger partial charge in [0.2, 0.25) is 0 Å². The van der Waals surface area contributed by atoms with Crippen LogP contribution in [0.5, 0.6) is 0 Å². The number of nitrogens with one attached hydrogen (secondary N) is 1. The summed E-state index contributed by atoms with van der Waals surface area (Å²) in [5.41, 5.74) is 1.76. The second-order valence-electron chi connectivity index (χ2n) is 3.86. The van der Waals surface area contributed by atoms with Gasteiger partial charge in [0.15, 0.2) is 6.33 Å². The van der Waals surface area contributed by atoms with Crippen molar-refractivity contribution >= 4 is 11.9 Å². The van der Waals surface area contributed by atoms with E-state index in [1.54, 1.807) is 4.68 Å². The first kappa shape index (κ1) is 12.0. The van der Waals surface area contributed by atoms with Gasteiger partial charge in [-0.15, -0.1) is 40.8 Å². The van der Waals surface area contributed by atoms with E-state index >= 15 is 0 Å². The third kappa shape index (κ3) is 2.36. The van der Waals surface area contributed by atoms with E-state index in [1.165, 1.54) is 6.33 Å². The molecular weight excluding hydrogens is 262 g/mol. The molecule has 0 unspecified atom stereocenters. The van der Waals surface area contributed by atoms with Crippen LogP contribution in [-0.4, -0.2) is 50.6 Å². The Bertz CT molecular complexity index is 705. The SMILES string of the molecule is Cc1cc(C)n(-c2nnc(Nc3nncnn3)nn2)n1. The molecule has 0 aliphatic heterocycles. The Labute approximate surface area is 112 Å². The molecule has 3 heterocycles. The monoisotopic (exact) mass is 271 g/mol. The van der Waals surface area contributed by atoms with Gasteiger partial charge in [-0.05, 0) is 19.9 Å². The fourth-order valence-corrected chi connectivity index (χ4v) is 1.54. The minimum Gasteiger partial charge on any atom is -0.287 e. The maximum absolute atomic E-state index is 4.24. The topological polar surface area (TPSA) is 133 Å². The van der Waals surface area contributed by atoms with Crippen molar-refractivity contribution in [2.75, 3.05) is 5.32 Å². The first-order valence-corrected chi connectivity index (χ1v) is 5.61. The van der Waals surface area contributed by atoms with Crippen LogP contribution in [0.3, 0.4) is 0 Å². The Hall–Kier alpha value is -3.11. The number of aryl methyl sites for hydroxylation is 2. The summed E-state index contributed by atoms with van der Waals surface area (Å²) < 4.78 is 1.56. The number of rotatable bonds is 3. The van der Waals surface area contributed by atoms with Gasteiger partial charge in [0.25, 0.3) is 17.8 Å². The Morgan fingerprint density at radius 2 is 1.55 bits per heavy atom. The largest absolute Gasteiger partial charge is 0.289 e. The molecular formula is C9H9N11. The second kappa shape index (κ2) is 4.87. The van der Waals surface area contributed by atoms with Crippen LogP contribution >= 0.6 is 0 Å². The highest BCUT2D eigenvalue weighted by Crippen LogP contribution is 2.07. The molecule has 0 aliphatic rings. The standard InChI is InChI=1S/C9H9N11/c1-5-3-6(2)20(19-5)9-17-15-8(16-18-9)12-7-13-10-4-11-14-7/h3-4H,1-2H3,(H,12,13,14,15,16). The quantitative estimate of drug-likeness (QED) is 0.657. The Balaban J connectivity index is 1.83. The third-order valence-electron chi connectivity index (χ3n) is 2.30. The molecule has 1 N–H and O–H groups in total. The van der Waals surface area contributed by atoms with Gasteiger partial charge in [0.1, 0.15) is 0 Å². The van der Waals surface area contributed by atoms with Crippen molar-refractivity contribution in [3.8, 4) is 5.95 Å². The average molecular weight is 271 g/mol. The number of aromatic nitrogens is 10. The minimum absolute atomic E-state index is 0.144. The summed E-state index contributed by atoms with van der Waals surface area (Å²) in [6.45, 7) is 3.78. The first-order valence-electron chi connectivity index (χ1n) is 5.61. The van der Waals surface area contributed by atoms with Crippen LogP contribution < -0.4 is 5.32 Å². The predicted molar refractivity (Wildman–Crippen MR) is 65.1 cm³/mol. The Morgan fingerprint density at radius 1 is 0.900 bits per heavy atom.